The van der Waals surface area contributed by atoms with Gasteiger partial charge in [-0.05, 0) is 24.5 Å². The average Bonchev–Trinajstić information content (AvgIpc) is 2.67. The van der Waals surface area contributed by atoms with Gasteiger partial charge in [-0.15, -0.1) is 11.8 Å². The van der Waals surface area contributed by atoms with Crippen LogP contribution < -0.4 is 14.8 Å². The molecular formula is C18H17ClN2O5S. The second kappa shape index (κ2) is 9.29. The first-order valence-corrected chi connectivity index (χ1v) is 9.24. The van der Waals surface area contributed by atoms with Gasteiger partial charge in [0.25, 0.3) is 5.78 Å². The summed E-state index contributed by atoms with van der Waals surface area (Å²) in [7, 11) is 2.82. The number of Topliss-reactive ketones (excluding diaryl/α,β-unsaturated/α-hetero) is 1. The predicted octanol–water partition coefficient (Wildman–Crippen LogP) is 4.46. The van der Waals surface area contributed by atoms with Crippen molar-refractivity contribution >= 4 is 34.8 Å². The molecule has 2 aromatic rings. The van der Waals surface area contributed by atoms with Crippen molar-refractivity contribution in [2.24, 2.45) is 0 Å². The summed E-state index contributed by atoms with van der Waals surface area (Å²) in [5.74, 6) is -0.272. The molecule has 0 radical (unpaired) electrons. The molecule has 0 amide bonds. The number of ketones is 1. The number of carbonyl (C=O) groups is 1. The Labute approximate surface area is 165 Å². The van der Waals surface area contributed by atoms with E-state index in [1.54, 1.807) is 30.5 Å². The number of carbonyl (C=O) groups excluding carboxylic acids is 1. The minimum Gasteiger partial charge on any atom is -0.493 e. The number of thioether (sulfide) groups is 1. The minimum atomic E-state index is -0.835. The lowest BCUT2D eigenvalue weighted by atomic mass is 10.1. The number of benzene rings is 2. The molecule has 0 bridgehead atoms. The van der Waals surface area contributed by atoms with E-state index in [0.717, 1.165) is 11.8 Å². The Morgan fingerprint density at radius 3 is 2.26 bits per heavy atom. The van der Waals surface area contributed by atoms with Crippen molar-refractivity contribution in [1.82, 2.24) is 0 Å². The standard InChI is InChI=1S/C18H17ClN2O5S/c1-25-14-9-12(13(19)10-15(14)26-2)17(22)16(21(23)24)18(27-3)20-11-7-5-4-6-8-11/h4-10,20H,1-3H3. The lowest BCUT2D eigenvalue weighted by Crippen LogP contribution is -2.17. The highest BCUT2D eigenvalue weighted by molar-refractivity contribution is 8.02. The molecule has 0 aromatic heterocycles. The van der Waals surface area contributed by atoms with Crippen molar-refractivity contribution in [3.63, 3.8) is 0 Å². The van der Waals surface area contributed by atoms with Crippen LogP contribution in [0.25, 0.3) is 0 Å². The average molecular weight is 409 g/mol. The smallest absolute Gasteiger partial charge is 0.346 e. The summed E-state index contributed by atoms with van der Waals surface area (Å²) in [6.45, 7) is 0. The van der Waals surface area contributed by atoms with E-state index in [9.17, 15) is 14.9 Å². The third-order valence-corrected chi connectivity index (χ3v) is 4.58. The van der Waals surface area contributed by atoms with Crippen LogP contribution >= 0.6 is 23.4 Å². The second-order valence-corrected chi connectivity index (χ2v) is 6.37. The van der Waals surface area contributed by atoms with Crippen molar-refractivity contribution in [2.75, 3.05) is 25.8 Å². The number of nitro groups is 1. The number of halogens is 1. The molecule has 0 saturated carbocycles. The third kappa shape index (κ3) is 4.72. The highest BCUT2D eigenvalue weighted by atomic mass is 35.5. The fourth-order valence-corrected chi connectivity index (χ4v) is 3.10. The van der Waals surface area contributed by atoms with E-state index >= 15 is 0 Å². The molecule has 9 heteroatoms. The van der Waals surface area contributed by atoms with E-state index in [-0.39, 0.29) is 21.4 Å². The number of ether oxygens (including phenoxy) is 2. The summed E-state index contributed by atoms with van der Waals surface area (Å²) in [5, 5.41) is 14.7. The van der Waals surface area contributed by atoms with E-state index in [1.807, 2.05) is 6.07 Å². The van der Waals surface area contributed by atoms with Crippen LogP contribution in [-0.2, 0) is 0 Å². The zero-order chi connectivity index (χ0) is 20.0. The molecule has 7 nitrogen and oxygen atoms in total. The van der Waals surface area contributed by atoms with Crippen LogP contribution in [0.4, 0.5) is 5.69 Å². The van der Waals surface area contributed by atoms with Gasteiger partial charge in [-0.3, -0.25) is 14.9 Å². The number of rotatable bonds is 8. The van der Waals surface area contributed by atoms with Crippen molar-refractivity contribution in [3.8, 4) is 11.5 Å². The van der Waals surface area contributed by atoms with E-state index in [1.165, 1.54) is 26.4 Å². The van der Waals surface area contributed by atoms with E-state index in [4.69, 9.17) is 21.1 Å². The molecule has 0 atom stereocenters. The van der Waals surface area contributed by atoms with E-state index in [2.05, 4.69) is 5.32 Å². The largest absolute Gasteiger partial charge is 0.493 e. The van der Waals surface area contributed by atoms with E-state index < -0.39 is 16.4 Å². The summed E-state index contributed by atoms with van der Waals surface area (Å²) >= 11 is 7.21. The minimum absolute atomic E-state index is 0.0252. The first kappa shape index (κ1) is 20.6. The van der Waals surface area contributed by atoms with Crippen molar-refractivity contribution in [2.45, 2.75) is 0 Å². The molecule has 2 rings (SSSR count). The summed E-state index contributed by atoms with van der Waals surface area (Å²) in [5.41, 5.74) is -0.0460. The lowest BCUT2D eigenvalue weighted by molar-refractivity contribution is -0.417. The number of para-hydroxylation sites is 1. The zero-order valence-corrected chi connectivity index (χ0v) is 16.4. The summed E-state index contributed by atoms with van der Waals surface area (Å²) in [6.07, 6.45) is 1.64. The number of nitrogens with zero attached hydrogens (tertiary/aromatic N) is 1. The van der Waals surface area contributed by atoms with Crippen molar-refractivity contribution in [1.29, 1.82) is 0 Å². The zero-order valence-electron chi connectivity index (χ0n) is 14.8. The van der Waals surface area contributed by atoms with Gasteiger partial charge in [-0.1, -0.05) is 29.8 Å². The number of hydrogen-bond acceptors (Lipinski definition) is 7. The lowest BCUT2D eigenvalue weighted by Gasteiger charge is -2.12. The Balaban J connectivity index is 2.55. The molecule has 27 heavy (non-hydrogen) atoms. The highest BCUT2D eigenvalue weighted by Crippen LogP contribution is 2.35. The van der Waals surface area contributed by atoms with Crippen LogP contribution in [0.1, 0.15) is 10.4 Å². The van der Waals surface area contributed by atoms with Gasteiger partial charge in [0.2, 0.25) is 0 Å². The normalized spacial score (nSPS) is 11.4. The van der Waals surface area contributed by atoms with Gasteiger partial charge in [0.05, 0.1) is 29.7 Å². The van der Waals surface area contributed by atoms with Crippen LogP contribution in [0, 0.1) is 10.1 Å². The summed E-state index contributed by atoms with van der Waals surface area (Å²) in [6, 6.07) is 11.6. The topological polar surface area (TPSA) is 90.7 Å². The molecule has 0 aliphatic heterocycles. The summed E-state index contributed by atoms with van der Waals surface area (Å²) < 4.78 is 10.3. The van der Waals surface area contributed by atoms with Crippen molar-refractivity contribution < 1.29 is 19.2 Å². The maximum absolute atomic E-state index is 12.9. The van der Waals surface area contributed by atoms with Gasteiger partial charge in [-0.2, -0.15) is 0 Å². The fourth-order valence-electron chi connectivity index (χ4n) is 2.28. The SMILES string of the molecule is COc1cc(Cl)c(C(=O)C(=C(Nc2ccccc2)SC)[N+](=O)[O-])cc1OC. The maximum atomic E-state index is 12.9. The molecule has 0 aliphatic rings. The number of allylic oxidation sites excluding steroid dienone is 1. The van der Waals surface area contributed by atoms with Crippen LogP contribution in [0.15, 0.2) is 53.2 Å². The van der Waals surface area contributed by atoms with Crippen LogP contribution in [0.3, 0.4) is 0 Å². The predicted molar refractivity (Wildman–Crippen MR) is 106 cm³/mol. The van der Waals surface area contributed by atoms with Crippen LogP contribution in [-0.4, -0.2) is 31.2 Å². The Morgan fingerprint density at radius 2 is 1.74 bits per heavy atom. The molecule has 2 aromatic carbocycles. The number of anilines is 1. The van der Waals surface area contributed by atoms with E-state index in [0.29, 0.717) is 11.4 Å². The molecular weight excluding hydrogens is 392 g/mol. The Bertz CT molecular complexity index is 887. The first-order valence-electron chi connectivity index (χ1n) is 7.63. The van der Waals surface area contributed by atoms with Gasteiger partial charge < -0.3 is 14.8 Å². The molecule has 0 saturated heterocycles. The Morgan fingerprint density at radius 1 is 1.15 bits per heavy atom. The van der Waals surface area contributed by atoms with Gasteiger partial charge >= 0.3 is 5.70 Å². The second-order valence-electron chi connectivity index (χ2n) is 5.15. The molecule has 0 spiro atoms. The van der Waals surface area contributed by atoms with Crippen molar-refractivity contribution in [3.05, 3.63) is 73.9 Å². The maximum Gasteiger partial charge on any atom is 0.346 e. The van der Waals surface area contributed by atoms with Gasteiger partial charge in [0, 0.05) is 11.8 Å². The molecule has 1 N–H and O–H groups in total. The number of nitrogens with one attached hydrogen (secondary N) is 1. The molecule has 0 unspecified atom stereocenters. The molecule has 0 heterocycles. The van der Waals surface area contributed by atoms with Crippen LogP contribution in [0.5, 0.6) is 11.5 Å². The highest BCUT2D eigenvalue weighted by Gasteiger charge is 2.31. The van der Waals surface area contributed by atoms with Gasteiger partial charge in [0.15, 0.2) is 16.5 Å². The first-order chi connectivity index (χ1) is 12.9. The Kier molecular flexibility index (Phi) is 7.09. The third-order valence-electron chi connectivity index (χ3n) is 3.57. The number of methoxy groups -OCH3 is 2. The van der Waals surface area contributed by atoms with Crippen LogP contribution in [0.2, 0.25) is 5.02 Å². The summed E-state index contributed by atoms with van der Waals surface area (Å²) in [4.78, 5) is 23.9. The van der Waals surface area contributed by atoms with Gasteiger partial charge in [-0.25, -0.2) is 0 Å². The molecule has 0 fully saturated rings. The number of hydrogen-bond donors (Lipinski definition) is 1. The monoisotopic (exact) mass is 408 g/mol. The molecule has 142 valence electrons. The quantitative estimate of drug-likeness (QED) is 0.298. The fraction of sp³-hybridized carbons (Fsp3) is 0.167. The van der Waals surface area contributed by atoms with Gasteiger partial charge in [0.1, 0.15) is 0 Å². The Hall–Kier alpha value is -2.71. The molecule has 0 aliphatic carbocycles.